The molecule has 0 saturated carbocycles. The predicted molar refractivity (Wildman–Crippen MR) is 105 cm³/mol. The lowest BCUT2D eigenvalue weighted by atomic mass is 9.79. The van der Waals surface area contributed by atoms with E-state index in [2.05, 4.69) is 6.92 Å². The molecule has 3 rings (SSSR count). The third kappa shape index (κ3) is 3.48. The molecule has 148 valence electrons. The van der Waals surface area contributed by atoms with E-state index in [9.17, 15) is 14.8 Å². The summed E-state index contributed by atoms with van der Waals surface area (Å²) < 4.78 is 5.67. The average molecular weight is 382 g/mol. The summed E-state index contributed by atoms with van der Waals surface area (Å²) in [4.78, 5) is 30.4. The van der Waals surface area contributed by atoms with Crippen LogP contribution in [0.3, 0.4) is 0 Å². The Morgan fingerprint density at radius 1 is 1.07 bits per heavy atom. The van der Waals surface area contributed by atoms with Crippen LogP contribution in [0.15, 0.2) is 42.5 Å². The lowest BCUT2D eigenvalue weighted by molar-refractivity contribution is -0.385. The Hall–Kier alpha value is -2.50. The van der Waals surface area contributed by atoms with Gasteiger partial charge in [-0.1, -0.05) is 70.0 Å². The lowest BCUT2D eigenvalue weighted by Gasteiger charge is -2.36. The van der Waals surface area contributed by atoms with E-state index in [4.69, 9.17) is 9.62 Å². The second kappa shape index (κ2) is 8.25. The SMILES string of the molecule is CCCCCc1ccc2c(c1)C(=O)c1ccccc1C2(OO)OC(=O)C(C)C. The summed E-state index contributed by atoms with van der Waals surface area (Å²) in [6.07, 6.45) is 4.12. The van der Waals surface area contributed by atoms with Crippen LogP contribution in [-0.2, 0) is 26.6 Å². The van der Waals surface area contributed by atoms with E-state index in [1.165, 1.54) is 0 Å². The second-order valence-electron chi connectivity index (χ2n) is 7.50. The molecule has 5 heteroatoms. The fraction of sp³-hybridized carbons (Fsp3) is 0.391. The molecular weight excluding hydrogens is 356 g/mol. The van der Waals surface area contributed by atoms with Crippen LogP contribution >= 0.6 is 0 Å². The fourth-order valence-corrected chi connectivity index (χ4v) is 3.55. The Kier molecular flexibility index (Phi) is 5.96. The second-order valence-corrected chi connectivity index (χ2v) is 7.50. The summed E-state index contributed by atoms with van der Waals surface area (Å²) in [5, 5.41) is 9.91. The fourth-order valence-electron chi connectivity index (χ4n) is 3.55. The third-order valence-corrected chi connectivity index (χ3v) is 5.12. The Bertz CT molecular complexity index is 886. The standard InChI is InChI=1S/C23H26O5/c1-4-5-6-9-16-12-13-20-18(14-16)21(24)17-10-7-8-11-19(17)23(20,28-26)27-22(25)15(2)3/h7-8,10-15,26H,4-6,9H2,1-3H3. The summed E-state index contributed by atoms with van der Waals surface area (Å²) in [7, 11) is 0. The zero-order chi connectivity index (χ0) is 20.3. The normalized spacial score (nSPS) is 18.0. The van der Waals surface area contributed by atoms with Crippen molar-refractivity contribution >= 4 is 11.8 Å². The van der Waals surface area contributed by atoms with E-state index in [1.807, 2.05) is 12.1 Å². The molecule has 0 bridgehead atoms. The number of hydrogen-bond donors (Lipinski definition) is 1. The van der Waals surface area contributed by atoms with Gasteiger partial charge in [0.05, 0.1) is 5.92 Å². The van der Waals surface area contributed by atoms with Crippen molar-refractivity contribution in [2.45, 2.75) is 52.2 Å². The number of esters is 1. The summed E-state index contributed by atoms with van der Waals surface area (Å²) in [6, 6.07) is 12.2. The molecule has 1 unspecified atom stereocenters. The van der Waals surface area contributed by atoms with E-state index in [1.54, 1.807) is 44.2 Å². The molecule has 1 aliphatic rings. The highest BCUT2D eigenvalue weighted by molar-refractivity contribution is 6.13. The first-order valence-corrected chi connectivity index (χ1v) is 9.77. The van der Waals surface area contributed by atoms with Crippen LogP contribution in [-0.4, -0.2) is 17.0 Å². The summed E-state index contributed by atoms with van der Waals surface area (Å²) in [5.74, 6) is -2.98. The minimum absolute atomic E-state index is 0.170. The maximum atomic E-state index is 13.1. The predicted octanol–water partition coefficient (Wildman–Crippen LogP) is 4.85. The molecule has 5 nitrogen and oxygen atoms in total. The Morgan fingerprint density at radius 3 is 2.46 bits per heavy atom. The highest BCUT2D eigenvalue weighted by atomic mass is 17.1. The van der Waals surface area contributed by atoms with Gasteiger partial charge in [0.2, 0.25) is 0 Å². The maximum absolute atomic E-state index is 13.1. The number of benzene rings is 2. The molecule has 1 N–H and O–H groups in total. The molecular formula is C23H26O5. The third-order valence-electron chi connectivity index (χ3n) is 5.12. The molecule has 1 aliphatic carbocycles. The van der Waals surface area contributed by atoms with Crippen molar-refractivity contribution in [2.75, 3.05) is 0 Å². The van der Waals surface area contributed by atoms with Crippen molar-refractivity contribution in [2.24, 2.45) is 5.92 Å². The van der Waals surface area contributed by atoms with Crippen molar-refractivity contribution in [1.82, 2.24) is 0 Å². The zero-order valence-corrected chi connectivity index (χ0v) is 16.5. The van der Waals surface area contributed by atoms with Gasteiger partial charge in [-0.2, -0.15) is 4.89 Å². The first kappa shape index (κ1) is 20.2. The topological polar surface area (TPSA) is 72.8 Å². The number of hydrogen-bond acceptors (Lipinski definition) is 5. The lowest BCUT2D eigenvalue weighted by Crippen LogP contribution is -2.42. The summed E-state index contributed by atoms with van der Waals surface area (Å²) >= 11 is 0. The summed E-state index contributed by atoms with van der Waals surface area (Å²) in [5.41, 5.74) is 2.43. The first-order valence-electron chi connectivity index (χ1n) is 9.77. The van der Waals surface area contributed by atoms with Crippen LogP contribution in [0.4, 0.5) is 0 Å². The van der Waals surface area contributed by atoms with Crippen molar-refractivity contribution < 1.29 is 24.5 Å². The molecule has 0 radical (unpaired) electrons. The number of fused-ring (bicyclic) bond motifs is 2. The van der Waals surface area contributed by atoms with E-state index in [0.29, 0.717) is 22.3 Å². The van der Waals surface area contributed by atoms with Crippen LogP contribution in [0.2, 0.25) is 0 Å². The van der Waals surface area contributed by atoms with Gasteiger partial charge in [-0.3, -0.25) is 9.59 Å². The van der Waals surface area contributed by atoms with Gasteiger partial charge >= 0.3 is 5.97 Å². The Morgan fingerprint density at radius 2 is 1.79 bits per heavy atom. The van der Waals surface area contributed by atoms with Crippen LogP contribution in [0.25, 0.3) is 0 Å². The van der Waals surface area contributed by atoms with Crippen molar-refractivity contribution in [1.29, 1.82) is 0 Å². The monoisotopic (exact) mass is 382 g/mol. The van der Waals surface area contributed by atoms with Crippen LogP contribution in [0.1, 0.15) is 72.6 Å². The van der Waals surface area contributed by atoms with Crippen molar-refractivity contribution in [3.8, 4) is 0 Å². The van der Waals surface area contributed by atoms with Gasteiger partial charge in [-0.05, 0) is 24.5 Å². The van der Waals surface area contributed by atoms with Gasteiger partial charge in [0.25, 0.3) is 5.79 Å². The zero-order valence-electron chi connectivity index (χ0n) is 16.5. The molecule has 2 aromatic carbocycles. The molecule has 0 amide bonds. The quantitative estimate of drug-likeness (QED) is 0.244. The van der Waals surface area contributed by atoms with E-state index >= 15 is 0 Å². The molecule has 1 atom stereocenters. The molecule has 0 aliphatic heterocycles. The van der Waals surface area contributed by atoms with E-state index in [0.717, 1.165) is 31.2 Å². The Balaban J connectivity index is 2.14. The van der Waals surface area contributed by atoms with Gasteiger partial charge in [-0.15, -0.1) is 0 Å². The van der Waals surface area contributed by atoms with Gasteiger partial charge in [0.15, 0.2) is 5.78 Å². The van der Waals surface area contributed by atoms with Crippen molar-refractivity contribution in [3.05, 3.63) is 70.3 Å². The molecule has 28 heavy (non-hydrogen) atoms. The largest absolute Gasteiger partial charge is 0.421 e. The molecule has 0 aromatic heterocycles. The Labute approximate surface area is 165 Å². The van der Waals surface area contributed by atoms with E-state index in [-0.39, 0.29) is 5.78 Å². The van der Waals surface area contributed by atoms with Crippen molar-refractivity contribution in [3.63, 3.8) is 0 Å². The number of aryl methyl sites for hydroxylation is 1. The molecule has 0 heterocycles. The van der Waals surface area contributed by atoms with Gasteiger partial charge in [0.1, 0.15) is 0 Å². The number of ether oxygens (including phenoxy) is 1. The van der Waals surface area contributed by atoms with Gasteiger partial charge < -0.3 is 4.74 Å². The van der Waals surface area contributed by atoms with Crippen LogP contribution in [0.5, 0.6) is 0 Å². The van der Waals surface area contributed by atoms with Crippen LogP contribution in [0, 0.1) is 5.92 Å². The molecule has 0 fully saturated rings. The first-order chi connectivity index (χ1) is 13.4. The van der Waals surface area contributed by atoms with Gasteiger partial charge in [0, 0.05) is 22.3 Å². The highest BCUT2D eigenvalue weighted by Crippen LogP contribution is 2.44. The maximum Gasteiger partial charge on any atom is 0.311 e. The van der Waals surface area contributed by atoms with Gasteiger partial charge in [-0.25, -0.2) is 5.26 Å². The number of rotatable bonds is 7. The molecule has 0 spiro atoms. The highest BCUT2D eigenvalue weighted by Gasteiger charge is 2.49. The summed E-state index contributed by atoms with van der Waals surface area (Å²) in [6.45, 7) is 5.54. The molecule has 2 aromatic rings. The number of ketones is 1. The minimum Gasteiger partial charge on any atom is -0.421 e. The minimum atomic E-state index is -1.86. The molecule has 0 saturated heterocycles. The average Bonchev–Trinajstić information content (AvgIpc) is 2.71. The number of carbonyl (C=O) groups excluding carboxylic acids is 2. The van der Waals surface area contributed by atoms with Crippen LogP contribution < -0.4 is 0 Å². The van der Waals surface area contributed by atoms with E-state index < -0.39 is 17.7 Å². The smallest absolute Gasteiger partial charge is 0.311 e. The number of unbranched alkanes of at least 4 members (excludes halogenated alkanes) is 2. The number of carbonyl (C=O) groups is 2.